The molecule has 1 fully saturated rings. The fraction of sp³-hybridized carbons (Fsp3) is 0.583. The van der Waals surface area contributed by atoms with E-state index in [0.29, 0.717) is 0 Å². The van der Waals surface area contributed by atoms with Gasteiger partial charge in [-0.3, -0.25) is 4.79 Å². The zero-order valence-electron chi connectivity index (χ0n) is 12.0. The number of carbonyl (C=O) groups is 1. The summed E-state index contributed by atoms with van der Waals surface area (Å²) in [5.74, 6) is -1.62. The van der Waals surface area contributed by atoms with Gasteiger partial charge < -0.3 is 9.64 Å². The Morgan fingerprint density at radius 2 is 2.09 bits per heavy atom. The lowest BCUT2D eigenvalue weighted by atomic mass is 9.98. The summed E-state index contributed by atoms with van der Waals surface area (Å²) in [5.41, 5.74) is 0. The third-order valence-corrected chi connectivity index (χ3v) is 4.66. The Morgan fingerprint density at radius 1 is 1.45 bits per heavy atom. The predicted molar refractivity (Wildman–Crippen MR) is 75.8 cm³/mol. The average Bonchev–Trinajstić information content (AvgIpc) is 2.47. The van der Waals surface area contributed by atoms with Crippen LogP contribution in [0.1, 0.15) is 13.3 Å². The van der Waals surface area contributed by atoms with E-state index in [-0.39, 0.29) is 32.1 Å². The topological polar surface area (TPSA) is 115 Å². The minimum absolute atomic E-state index is 0.0420. The number of esters is 1. The minimum atomic E-state index is -3.84. The van der Waals surface area contributed by atoms with E-state index in [1.54, 1.807) is 6.92 Å². The Morgan fingerprint density at radius 3 is 2.64 bits per heavy atom. The minimum Gasteiger partial charge on any atom is -0.466 e. The highest BCUT2D eigenvalue weighted by Crippen LogP contribution is 2.24. The SMILES string of the molecule is CCOC(=O)[C@@H]1C[C@H](S(N)(=O)=O)CN(c2ncc(F)cn2)C1. The molecule has 0 amide bonds. The Balaban J connectivity index is 2.25. The van der Waals surface area contributed by atoms with Crippen molar-refractivity contribution in [3.8, 4) is 0 Å². The Labute approximate surface area is 127 Å². The zero-order valence-corrected chi connectivity index (χ0v) is 12.8. The maximum absolute atomic E-state index is 12.9. The molecule has 8 nitrogen and oxygen atoms in total. The zero-order chi connectivity index (χ0) is 16.3. The molecule has 1 aliphatic heterocycles. The van der Waals surface area contributed by atoms with Crippen LogP contribution < -0.4 is 10.0 Å². The van der Waals surface area contributed by atoms with E-state index in [1.165, 1.54) is 4.90 Å². The van der Waals surface area contributed by atoms with Gasteiger partial charge in [0.05, 0.1) is 30.2 Å². The lowest BCUT2D eigenvalue weighted by molar-refractivity contribution is -0.148. The molecule has 2 rings (SSSR count). The first kappa shape index (κ1) is 16.6. The first-order valence-corrected chi connectivity index (χ1v) is 8.33. The number of hydrogen-bond donors (Lipinski definition) is 1. The fourth-order valence-corrected chi connectivity index (χ4v) is 3.24. The molecule has 0 aliphatic carbocycles. The van der Waals surface area contributed by atoms with Crippen LogP contribution in [0.15, 0.2) is 12.4 Å². The molecule has 122 valence electrons. The van der Waals surface area contributed by atoms with Crippen molar-refractivity contribution in [2.75, 3.05) is 24.6 Å². The fourth-order valence-electron chi connectivity index (χ4n) is 2.35. The van der Waals surface area contributed by atoms with Crippen molar-refractivity contribution >= 4 is 21.9 Å². The number of primary sulfonamides is 1. The number of sulfonamides is 1. The molecular formula is C12H17FN4O4S. The summed E-state index contributed by atoms with van der Waals surface area (Å²) >= 11 is 0. The largest absolute Gasteiger partial charge is 0.466 e. The van der Waals surface area contributed by atoms with Crippen LogP contribution in [-0.4, -0.2) is 49.3 Å². The summed E-state index contributed by atoms with van der Waals surface area (Å²) in [5, 5.41) is 4.26. The molecule has 0 aromatic carbocycles. The summed E-state index contributed by atoms with van der Waals surface area (Å²) in [6, 6.07) is 0. The molecule has 0 spiro atoms. The van der Waals surface area contributed by atoms with Crippen molar-refractivity contribution in [2.24, 2.45) is 11.1 Å². The van der Waals surface area contributed by atoms with Crippen LogP contribution in [0.2, 0.25) is 0 Å². The molecule has 0 bridgehead atoms. The maximum Gasteiger partial charge on any atom is 0.310 e. The van der Waals surface area contributed by atoms with Gasteiger partial charge >= 0.3 is 5.97 Å². The van der Waals surface area contributed by atoms with Crippen LogP contribution in [-0.2, 0) is 19.6 Å². The number of rotatable bonds is 4. The molecule has 2 heterocycles. The number of halogens is 1. The lowest BCUT2D eigenvalue weighted by Gasteiger charge is -2.35. The predicted octanol–water partition coefficient (Wildman–Crippen LogP) is -0.338. The highest BCUT2D eigenvalue weighted by atomic mass is 32.2. The van der Waals surface area contributed by atoms with E-state index in [4.69, 9.17) is 9.88 Å². The number of aromatic nitrogens is 2. The van der Waals surface area contributed by atoms with E-state index in [0.717, 1.165) is 12.4 Å². The first-order valence-electron chi connectivity index (χ1n) is 6.72. The third-order valence-electron chi connectivity index (χ3n) is 3.39. The second-order valence-corrected chi connectivity index (χ2v) is 6.85. The third kappa shape index (κ3) is 3.89. The maximum atomic E-state index is 12.9. The van der Waals surface area contributed by atoms with E-state index >= 15 is 0 Å². The molecule has 0 unspecified atom stereocenters. The summed E-state index contributed by atoms with van der Waals surface area (Å²) < 4.78 is 41.1. The molecule has 22 heavy (non-hydrogen) atoms. The number of nitrogens with two attached hydrogens (primary N) is 1. The van der Waals surface area contributed by atoms with Crippen LogP contribution in [0.5, 0.6) is 0 Å². The van der Waals surface area contributed by atoms with Gasteiger partial charge in [-0.05, 0) is 13.3 Å². The number of carbonyl (C=O) groups excluding carboxylic acids is 1. The molecule has 1 aromatic rings. The summed E-state index contributed by atoms with van der Waals surface area (Å²) in [6.07, 6.45) is 2.03. The lowest BCUT2D eigenvalue weighted by Crippen LogP contribution is -2.51. The van der Waals surface area contributed by atoms with Crippen molar-refractivity contribution in [1.82, 2.24) is 9.97 Å². The number of ether oxygens (including phenoxy) is 1. The van der Waals surface area contributed by atoms with Crippen molar-refractivity contribution in [2.45, 2.75) is 18.6 Å². The van der Waals surface area contributed by atoms with Gasteiger partial charge in [0.15, 0.2) is 5.82 Å². The number of anilines is 1. The number of piperidine rings is 1. The monoisotopic (exact) mass is 332 g/mol. The van der Waals surface area contributed by atoms with Crippen LogP contribution in [0, 0.1) is 11.7 Å². The van der Waals surface area contributed by atoms with Crippen molar-refractivity contribution in [3.63, 3.8) is 0 Å². The second kappa shape index (κ2) is 6.53. The normalized spacial score (nSPS) is 22.4. The summed E-state index contributed by atoms with van der Waals surface area (Å²) in [7, 11) is -3.84. The van der Waals surface area contributed by atoms with E-state index in [9.17, 15) is 17.6 Å². The quantitative estimate of drug-likeness (QED) is 0.750. The highest BCUT2D eigenvalue weighted by Gasteiger charge is 2.38. The summed E-state index contributed by atoms with van der Waals surface area (Å²) in [4.78, 5) is 21.0. The van der Waals surface area contributed by atoms with E-state index in [2.05, 4.69) is 9.97 Å². The molecule has 1 aromatic heterocycles. The second-order valence-electron chi connectivity index (χ2n) is 5.00. The molecule has 1 aliphatic rings. The van der Waals surface area contributed by atoms with Gasteiger partial charge in [-0.15, -0.1) is 0 Å². The molecule has 0 radical (unpaired) electrons. The van der Waals surface area contributed by atoms with Crippen molar-refractivity contribution in [1.29, 1.82) is 0 Å². The molecule has 2 atom stereocenters. The van der Waals surface area contributed by atoms with Gasteiger partial charge in [-0.1, -0.05) is 0 Å². The van der Waals surface area contributed by atoms with Crippen LogP contribution in [0.25, 0.3) is 0 Å². The van der Waals surface area contributed by atoms with Crippen LogP contribution in [0.4, 0.5) is 10.3 Å². The molecule has 0 saturated carbocycles. The van der Waals surface area contributed by atoms with E-state index < -0.39 is 33.0 Å². The average molecular weight is 332 g/mol. The van der Waals surface area contributed by atoms with Crippen molar-refractivity contribution < 1.29 is 22.3 Å². The van der Waals surface area contributed by atoms with Gasteiger partial charge in [0.1, 0.15) is 0 Å². The molecule has 1 saturated heterocycles. The Hall–Kier alpha value is -1.81. The molecule has 2 N–H and O–H groups in total. The first-order chi connectivity index (χ1) is 10.3. The molecular weight excluding hydrogens is 315 g/mol. The Bertz CT molecular complexity index is 637. The van der Waals surface area contributed by atoms with Crippen LogP contribution >= 0.6 is 0 Å². The highest BCUT2D eigenvalue weighted by molar-refractivity contribution is 7.89. The molecule has 10 heteroatoms. The van der Waals surface area contributed by atoms with Gasteiger partial charge in [-0.2, -0.15) is 0 Å². The van der Waals surface area contributed by atoms with Gasteiger partial charge in [0, 0.05) is 13.1 Å². The number of hydrogen-bond acceptors (Lipinski definition) is 7. The van der Waals surface area contributed by atoms with Crippen molar-refractivity contribution in [3.05, 3.63) is 18.2 Å². The standard InChI is InChI=1S/C12H17FN4O4S/c1-2-21-11(18)8-3-10(22(14,19)20)7-17(6-8)12-15-4-9(13)5-16-12/h4-5,8,10H,2-3,6-7H2,1H3,(H2,14,19,20)/t8-,10+/m1/s1. The smallest absolute Gasteiger partial charge is 0.310 e. The van der Waals surface area contributed by atoms with Gasteiger partial charge in [0.2, 0.25) is 16.0 Å². The summed E-state index contributed by atoms with van der Waals surface area (Å²) in [6.45, 7) is 2.10. The van der Waals surface area contributed by atoms with Gasteiger partial charge in [0.25, 0.3) is 0 Å². The van der Waals surface area contributed by atoms with Crippen LogP contribution in [0.3, 0.4) is 0 Å². The van der Waals surface area contributed by atoms with E-state index in [1.807, 2.05) is 0 Å². The number of nitrogens with zero attached hydrogens (tertiary/aromatic N) is 3. The van der Waals surface area contributed by atoms with Gasteiger partial charge in [-0.25, -0.2) is 27.9 Å². The Kier molecular flexibility index (Phi) is 4.91.